The van der Waals surface area contributed by atoms with Crippen molar-refractivity contribution < 1.29 is 37.3 Å². The lowest BCUT2D eigenvalue weighted by Crippen LogP contribution is -2.24. The molecule has 0 saturated carbocycles. The van der Waals surface area contributed by atoms with Gasteiger partial charge in [0.2, 0.25) is 0 Å². The molecule has 9 heteroatoms. The van der Waals surface area contributed by atoms with E-state index in [0.29, 0.717) is 28.7 Å². The van der Waals surface area contributed by atoms with Crippen LogP contribution in [0.3, 0.4) is 0 Å². The van der Waals surface area contributed by atoms with E-state index in [4.69, 9.17) is 14.6 Å². The first-order valence-electron chi connectivity index (χ1n) is 10.2. The van der Waals surface area contributed by atoms with Gasteiger partial charge in [-0.25, -0.2) is 13.2 Å². The van der Waals surface area contributed by atoms with Crippen LogP contribution in [0.15, 0.2) is 42.5 Å². The van der Waals surface area contributed by atoms with Crippen LogP contribution in [-0.2, 0) is 17.8 Å². The topological polar surface area (TPSA) is 76.1 Å². The number of carbonyl (C=O) groups excluding carboxylic acids is 1. The van der Waals surface area contributed by atoms with Crippen molar-refractivity contribution in [3.63, 3.8) is 0 Å². The summed E-state index contributed by atoms with van der Waals surface area (Å²) in [5.74, 6) is -1.82. The molecule has 1 aliphatic heterocycles. The molecule has 0 aliphatic carbocycles. The quantitative estimate of drug-likeness (QED) is 0.523. The summed E-state index contributed by atoms with van der Waals surface area (Å²) in [5, 5.41) is 9.84. The predicted molar refractivity (Wildman–Crippen MR) is 115 cm³/mol. The van der Waals surface area contributed by atoms with Gasteiger partial charge in [-0.05, 0) is 42.1 Å². The Morgan fingerprint density at radius 1 is 1.15 bits per heavy atom. The predicted octanol–water partition coefficient (Wildman–Crippen LogP) is 4.81. The van der Waals surface area contributed by atoms with Crippen LogP contribution in [0.5, 0.6) is 11.5 Å². The number of carbonyl (C=O) groups is 2. The van der Waals surface area contributed by atoms with Crippen molar-refractivity contribution in [3.05, 3.63) is 65.0 Å². The lowest BCUT2D eigenvalue weighted by atomic mass is 9.98. The number of ether oxygens (including phenoxy) is 2. The normalized spacial score (nSPS) is 13.0. The maximum atomic E-state index is 14.9. The standard InChI is InChI=1S/C24H20F3NO5/c1-2-32-19-10-14-4-3-5-18(33-12-20(26)27)22(14)23-15(19)11-28(24(23)31)17-7-6-13(8-16(17)25)9-21(29)30/h3-8,10,20H,2,9,11-12H2,1H3,(H,29,30). The van der Waals surface area contributed by atoms with E-state index in [1.165, 1.54) is 23.1 Å². The van der Waals surface area contributed by atoms with Gasteiger partial charge in [0.25, 0.3) is 12.3 Å². The molecule has 0 unspecified atom stereocenters. The average Bonchev–Trinajstić information content (AvgIpc) is 3.09. The van der Waals surface area contributed by atoms with Crippen LogP contribution in [0.4, 0.5) is 18.9 Å². The Balaban J connectivity index is 1.83. The van der Waals surface area contributed by atoms with Crippen molar-refractivity contribution in [2.75, 3.05) is 18.1 Å². The molecule has 3 aromatic rings. The van der Waals surface area contributed by atoms with Gasteiger partial charge in [-0.15, -0.1) is 0 Å². The summed E-state index contributed by atoms with van der Waals surface area (Å²) in [6, 6.07) is 10.4. The van der Waals surface area contributed by atoms with Crippen LogP contribution >= 0.6 is 0 Å². The number of halogens is 3. The van der Waals surface area contributed by atoms with Gasteiger partial charge in [0.15, 0.2) is 0 Å². The van der Waals surface area contributed by atoms with E-state index in [0.717, 1.165) is 6.07 Å². The van der Waals surface area contributed by atoms with Crippen molar-refractivity contribution in [3.8, 4) is 11.5 Å². The Bertz CT molecular complexity index is 1240. The molecule has 1 heterocycles. The zero-order valence-corrected chi connectivity index (χ0v) is 17.6. The maximum absolute atomic E-state index is 14.9. The fourth-order valence-corrected chi connectivity index (χ4v) is 4.00. The van der Waals surface area contributed by atoms with E-state index >= 15 is 0 Å². The number of aliphatic carboxylic acids is 1. The SMILES string of the molecule is CCOc1cc2cccc(OCC(F)F)c2c2c1CN(c1ccc(CC(=O)O)cc1F)C2=O. The summed E-state index contributed by atoms with van der Waals surface area (Å²) in [7, 11) is 0. The number of benzene rings is 3. The van der Waals surface area contributed by atoms with Crippen molar-refractivity contribution >= 4 is 28.3 Å². The smallest absolute Gasteiger partial charge is 0.307 e. The van der Waals surface area contributed by atoms with E-state index in [2.05, 4.69) is 0 Å². The molecule has 33 heavy (non-hydrogen) atoms. The number of nitrogens with zero attached hydrogens (tertiary/aromatic N) is 1. The van der Waals surface area contributed by atoms with Gasteiger partial charge in [-0.1, -0.05) is 18.2 Å². The van der Waals surface area contributed by atoms with Crippen molar-refractivity contribution in [1.29, 1.82) is 0 Å². The molecule has 0 spiro atoms. The average molecular weight is 459 g/mol. The van der Waals surface area contributed by atoms with Crippen molar-refractivity contribution in [2.45, 2.75) is 26.3 Å². The van der Waals surface area contributed by atoms with E-state index in [1.807, 2.05) is 0 Å². The summed E-state index contributed by atoms with van der Waals surface area (Å²) in [6.07, 6.45) is -3.04. The van der Waals surface area contributed by atoms with Crippen LogP contribution < -0.4 is 14.4 Å². The fraction of sp³-hybridized carbons (Fsp3) is 0.250. The third-order valence-corrected chi connectivity index (χ3v) is 5.29. The van der Waals surface area contributed by atoms with Gasteiger partial charge in [-0.3, -0.25) is 9.59 Å². The number of carboxylic acids is 1. The van der Waals surface area contributed by atoms with Crippen molar-refractivity contribution in [1.82, 2.24) is 0 Å². The molecule has 4 rings (SSSR count). The minimum Gasteiger partial charge on any atom is -0.493 e. The number of hydrogen-bond donors (Lipinski definition) is 1. The molecule has 0 aromatic heterocycles. The van der Waals surface area contributed by atoms with E-state index in [-0.39, 0.29) is 35.5 Å². The monoisotopic (exact) mass is 459 g/mol. The molecule has 1 aliphatic rings. The van der Waals surface area contributed by atoms with Gasteiger partial charge < -0.3 is 19.5 Å². The molecule has 0 radical (unpaired) electrons. The number of alkyl halides is 2. The second kappa shape index (κ2) is 9.01. The van der Waals surface area contributed by atoms with Crippen LogP contribution in [0.1, 0.15) is 28.4 Å². The fourth-order valence-electron chi connectivity index (χ4n) is 4.00. The third kappa shape index (κ3) is 4.30. The van der Waals surface area contributed by atoms with Gasteiger partial charge >= 0.3 is 5.97 Å². The molecule has 1 amide bonds. The molecule has 0 atom stereocenters. The molecule has 0 fully saturated rings. The number of rotatable bonds is 8. The Labute approximate surface area is 187 Å². The van der Waals surface area contributed by atoms with Crippen LogP contribution in [0.2, 0.25) is 0 Å². The minimum atomic E-state index is -2.69. The first kappa shape index (κ1) is 22.4. The second-order valence-electron chi connectivity index (χ2n) is 7.47. The maximum Gasteiger partial charge on any atom is 0.307 e. The number of anilines is 1. The van der Waals surface area contributed by atoms with Crippen LogP contribution in [-0.4, -0.2) is 36.6 Å². The van der Waals surface area contributed by atoms with E-state index in [9.17, 15) is 22.8 Å². The van der Waals surface area contributed by atoms with E-state index in [1.54, 1.807) is 25.1 Å². The summed E-state index contributed by atoms with van der Waals surface area (Å²) < 4.78 is 51.4. The Kier molecular flexibility index (Phi) is 6.13. The van der Waals surface area contributed by atoms with Crippen LogP contribution in [0, 0.1) is 5.82 Å². The highest BCUT2D eigenvalue weighted by Crippen LogP contribution is 2.43. The minimum absolute atomic E-state index is 0.00216. The van der Waals surface area contributed by atoms with E-state index < -0.39 is 30.7 Å². The zero-order chi connectivity index (χ0) is 23.7. The highest BCUT2D eigenvalue weighted by Gasteiger charge is 2.35. The summed E-state index contributed by atoms with van der Waals surface area (Å²) in [4.78, 5) is 25.6. The highest BCUT2D eigenvalue weighted by molar-refractivity contribution is 6.19. The first-order valence-corrected chi connectivity index (χ1v) is 10.2. The molecule has 0 saturated heterocycles. The highest BCUT2D eigenvalue weighted by atomic mass is 19.3. The van der Waals surface area contributed by atoms with Gasteiger partial charge in [0.1, 0.15) is 23.9 Å². The third-order valence-electron chi connectivity index (χ3n) is 5.29. The lowest BCUT2D eigenvalue weighted by molar-refractivity contribution is -0.136. The second-order valence-corrected chi connectivity index (χ2v) is 7.47. The Morgan fingerprint density at radius 2 is 1.94 bits per heavy atom. The molecular weight excluding hydrogens is 439 g/mol. The van der Waals surface area contributed by atoms with Gasteiger partial charge in [0.05, 0.1) is 30.8 Å². The number of fused-ring (bicyclic) bond motifs is 3. The van der Waals surface area contributed by atoms with Gasteiger partial charge in [0, 0.05) is 10.9 Å². The van der Waals surface area contributed by atoms with Crippen LogP contribution in [0.25, 0.3) is 10.8 Å². The lowest BCUT2D eigenvalue weighted by Gasteiger charge is -2.17. The molecule has 3 aromatic carbocycles. The zero-order valence-electron chi connectivity index (χ0n) is 17.6. The number of hydrogen-bond acceptors (Lipinski definition) is 4. The molecule has 6 nitrogen and oxygen atoms in total. The molecule has 0 bridgehead atoms. The Hall–Kier alpha value is -3.75. The molecular formula is C24H20F3NO5. The Morgan fingerprint density at radius 3 is 2.61 bits per heavy atom. The molecule has 1 N–H and O–H groups in total. The van der Waals surface area contributed by atoms with Gasteiger partial charge in [-0.2, -0.15) is 0 Å². The summed E-state index contributed by atoms with van der Waals surface area (Å²) >= 11 is 0. The number of amides is 1. The summed E-state index contributed by atoms with van der Waals surface area (Å²) in [5.41, 5.74) is 0.939. The van der Waals surface area contributed by atoms with Crippen molar-refractivity contribution in [2.24, 2.45) is 0 Å². The largest absolute Gasteiger partial charge is 0.493 e. The number of carboxylic acid groups (broad SMARTS) is 1. The molecule has 172 valence electrons. The first-order chi connectivity index (χ1) is 15.8. The summed E-state index contributed by atoms with van der Waals surface area (Å²) in [6.45, 7) is 1.27.